The first kappa shape index (κ1) is 97.5. The van der Waals surface area contributed by atoms with Crippen LogP contribution in [0.2, 0.25) is 0 Å². The molecule has 586 valence electrons. The minimum Gasteiger partial charge on any atom is -0.462 e. The summed E-state index contributed by atoms with van der Waals surface area (Å²) in [4.78, 5) is 73.0. The van der Waals surface area contributed by atoms with Crippen molar-refractivity contribution in [2.75, 3.05) is 39.6 Å². The van der Waals surface area contributed by atoms with E-state index in [9.17, 15) is 43.2 Å². The average Bonchev–Trinajstić information content (AvgIpc) is 0.923. The second kappa shape index (κ2) is 74.7. The zero-order valence-corrected chi connectivity index (χ0v) is 65.8. The van der Waals surface area contributed by atoms with Crippen LogP contribution in [0.25, 0.3) is 0 Å². The third kappa shape index (κ3) is 73.8. The van der Waals surface area contributed by atoms with E-state index in [0.29, 0.717) is 32.1 Å². The van der Waals surface area contributed by atoms with E-state index in [2.05, 4.69) is 149 Å². The lowest BCUT2D eigenvalue weighted by Crippen LogP contribution is -2.30. The maximum Gasteiger partial charge on any atom is 0.472 e. The molecule has 0 rings (SSSR count). The minimum absolute atomic E-state index is 0.0342. The molecule has 0 aliphatic heterocycles. The highest BCUT2D eigenvalue weighted by molar-refractivity contribution is 7.47. The topological polar surface area (TPSA) is 237 Å². The highest BCUT2D eigenvalue weighted by Crippen LogP contribution is 2.45. The number of rotatable bonds is 74. The first-order valence-electron chi connectivity index (χ1n) is 39.8. The second-order valence-electron chi connectivity index (χ2n) is 26.2. The van der Waals surface area contributed by atoms with Crippen molar-refractivity contribution < 1.29 is 80.2 Å². The molecule has 102 heavy (non-hydrogen) atoms. The van der Waals surface area contributed by atoms with Crippen molar-refractivity contribution in [3.05, 3.63) is 122 Å². The van der Waals surface area contributed by atoms with Crippen LogP contribution >= 0.6 is 15.6 Å². The van der Waals surface area contributed by atoms with Crippen LogP contribution in [-0.2, 0) is 65.4 Å². The van der Waals surface area contributed by atoms with Gasteiger partial charge < -0.3 is 33.8 Å². The number of esters is 4. The number of hydrogen-bond acceptors (Lipinski definition) is 15. The molecule has 0 aromatic heterocycles. The number of ether oxygens (including phenoxy) is 4. The highest BCUT2D eigenvalue weighted by atomic mass is 31.2. The fourth-order valence-corrected chi connectivity index (χ4v) is 11.9. The monoisotopic (exact) mass is 1470 g/mol. The van der Waals surface area contributed by atoms with E-state index in [4.69, 9.17) is 37.0 Å². The van der Waals surface area contributed by atoms with Crippen LogP contribution in [0, 0.1) is 0 Å². The third-order valence-electron chi connectivity index (χ3n) is 16.4. The quantitative estimate of drug-likeness (QED) is 0.0169. The van der Waals surface area contributed by atoms with Gasteiger partial charge in [-0.1, -0.05) is 265 Å². The molecule has 0 fully saturated rings. The molecule has 0 saturated heterocycles. The van der Waals surface area contributed by atoms with Crippen LogP contribution in [0.15, 0.2) is 122 Å². The Morgan fingerprint density at radius 3 is 0.814 bits per heavy atom. The summed E-state index contributed by atoms with van der Waals surface area (Å²) in [5, 5.41) is 10.6. The Labute approximate surface area is 619 Å². The van der Waals surface area contributed by atoms with E-state index in [-0.39, 0.29) is 25.7 Å². The Bertz CT molecular complexity index is 2410. The van der Waals surface area contributed by atoms with Gasteiger partial charge in [-0.3, -0.25) is 37.3 Å². The summed E-state index contributed by atoms with van der Waals surface area (Å²) < 4.78 is 68.5. The number of phosphoric ester groups is 2. The van der Waals surface area contributed by atoms with Crippen LogP contribution in [0.3, 0.4) is 0 Å². The Morgan fingerprint density at radius 1 is 0.284 bits per heavy atom. The molecule has 0 aromatic rings. The Morgan fingerprint density at radius 2 is 0.510 bits per heavy atom. The van der Waals surface area contributed by atoms with Crippen molar-refractivity contribution in [2.24, 2.45) is 0 Å². The van der Waals surface area contributed by atoms with Crippen LogP contribution in [0.4, 0.5) is 0 Å². The van der Waals surface area contributed by atoms with Gasteiger partial charge in [0.15, 0.2) is 12.2 Å². The fourth-order valence-electron chi connectivity index (χ4n) is 10.4. The predicted molar refractivity (Wildman–Crippen MR) is 418 cm³/mol. The first-order chi connectivity index (χ1) is 49.7. The number of carbonyl (C=O) groups is 4. The lowest BCUT2D eigenvalue weighted by Gasteiger charge is -2.21. The van der Waals surface area contributed by atoms with Crippen molar-refractivity contribution in [1.29, 1.82) is 0 Å². The Balaban J connectivity index is 5.42. The van der Waals surface area contributed by atoms with Crippen LogP contribution < -0.4 is 0 Å². The van der Waals surface area contributed by atoms with Crippen molar-refractivity contribution in [3.63, 3.8) is 0 Å². The molecular weight excluding hydrogens is 1330 g/mol. The normalized spacial score (nSPS) is 14.5. The Kier molecular flexibility index (Phi) is 71.4. The van der Waals surface area contributed by atoms with Crippen LogP contribution in [0.5, 0.6) is 0 Å². The second-order valence-corrected chi connectivity index (χ2v) is 29.1. The van der Waals surface area contributed by atoms with Crippen molar-refractivity contribution in [3.8, 4) is 0 Å². The molecule has 0 aliphatic carbocycles. The van der Waals surface area contributed by atoms with E-state index in [1.165, 1.54) is 77.0 Å². The molecule has 0 bridgehead atoms. The molecule has 0 radical (unpaired) electrons. The number of carbonyl (C=O) groups excluding carboxylic acids is 4. The summed E-state index contributed by atoms with van der Waals surface area (Å²) >= 11 is 0. The molecule has 5 unspecified atom stereocenters. The molecule has 0 heterocycles. The van der Waals surface area contributed by atoms with Gasteiger partial charge in [0.2, 0.25) is 0 Å². The zero-order valence-electron chi connectivity index (χ0n) is 64.0. The first-order valence-corrected chi connectivity index (χ1v) is 42.8. The van der Waals surface area contributed by atoms with Crippen LogP contribution in [0.1, 0.15) is 323 Å². The third-order valence-corrected chi connectivity index (χ3v) is 18.3. The van der Waals surface area contributed by atoms with Gasteiger partial charge in [0, 0.05) is 25.7 Å². The zero-order chi connectivity index (χ0) is 74.6. The summed E-state index contributed by atoms with van der Waals surface area (Å²) in [6, 6.07) is 0. The van der Waals surface area contributed by atoms with Gasteiger partial charge in [-0.05, 0) is 154 Å². The molecule has 5 atom stereocenters. The van der Waals surface area contributed by atoms with Gasteiger partial charge in [0.05, 0.1) is 26.4 Å². The standard InChI is InChI=1S/C83H142O17P2/c1-5-9-13-17-21-25-29-33-37-38-42-44-48-52-56-60-64-68-81(86)94-74-79(100-83(88)70-66-62-58-54-50-46-41-36-32-28-24-20-16-12-8-4)76-98-102(91,92)96-72-77(84)71-95-101(89,90)97-75-78(99-82(87)69-65-61-57-53-49-45-40-35-31-27-23-19-15-11-7-3)73-93-80(85)67-63-59-55-51-47-43-39-34-30-26-22-18-14-10-6-2/h9,12-13,16,21,24-25,28,33-37,39-42,44,50,54,77-79,84H,5-8,10-11,14-15,17-20,22-23,26-27,29-32,38,43,45-49,51-53,55-76H2,1-4H3,(H,89,90)(H,91,92)/b13-9-,16-12-,25-21-,28-24-,37-33-,39-34-,40-35-,41-36-,44-42-,54-50-. The van der Waals surface area contributed by atoms with E-state index in [1.54, 1.807) is 0 Å². The van der Waals surface area contributed by atoms with Crippen LogP contribution in [-0.4, -0.2) is 96.7 Å². The molecule has 0 aliphatic rings. The molecule has 0 spiro atoms. The number of aliphatic hydroxyl groups excluding tert-OH is 1. The highest BCUT2D eigenvalue weighted by Gasteiger charge is 2.30. The van der Waals surface area contributed by atoms with Crippen molar-refractivity contribution in [2.45, 2.75) is 341 Å². The van der Waals surface area contributed by atoms with Gasteiger partial charge in [0.1, 0.15) is 19.3 Å². The lowest BCUT2D eigenvalue weighted by molar-refractivity contribution is -0.161. The lowest BCUT2D eigenvalue weighted by atomic mass is 10.1. The molecule has 19 heteroatoms. The maximum absolute atomic E-state index is 13.1. The number of hydrogen-bond donors (Lipinski definition) is 3. The number of aliphatic hydroxyl groups is 1. The van der Waals surface area contributed by atoms with Gasteiger partial charge in [-0.25, -0.2) is 9.13 Å². The van der Waals surface area contributed by atoms with Gasteiger partial charge >= 0.3 is 39.5 Å². The SMILES string of the molecule is CC/C=C\C/C=C\C/C=C\C/C=C\CCCCCCC(=O)OCC(COP(=O)(O)OCC(O)COP(=O)(O)OCC(COC(=O)CCCCCCC/C=C\CCCCCCCC)OC(=O)CCCCCCC/C=C\CCCCCCCC)OC(=O)CCCC/C=C\C/C=C\C/C=C\C/C=C\CC. The minimum atomic E-state index is -5.00. The maximum atomic E-state index is 13.1. The predicted octanol–water partition coefficient (Wildman–Crippen LogP) is 23.1. The summed E-state index contributed by atoms with van der Waals surface area (Å²) in [5.41, 5.74) is 0. The summed E-state index contributed by atoms with van der Waals surface area (Å²) in [6.45, 7) is 4.56. The molecule has 0 aromatic carbocycles. The fraction of sp³-hybridized carbons (Fsp3) is 0.711. The van der Waals surface area contributed by atoms with Gasteiger partial charge in [-0.2, -0.15) is 0 Å². The average molecular weight is 1470 g/mol. The van der Waals surface area contributed by atoms with E-state index >= 15 is 0 Å². The van der Waals surface area contributed by atoms with Crippen molar-refractivity contribution >= 4 is 39.5 Å². The van der Waals surface area contributed by atoms with E-state index < -0.39 is 97.5 Å². The van der Waals surface area contributed by atoms with Gasteiger partial charge in [-0.15, -0.1) is 0 Å². The van der Waals surface area contributed by atoms with E-state index in [1.807, 2.05) is 0 Å². The molecule has 0 amide bonds. The summed E-state index contributed by atoms with van der Waals surface area (Å²) in [6.07, 6.45) is 81.8. The summed E-state index contributed by atoms with van der Waals surface area (Å²) in [5.74, 6) is -2.26. The molecular formula is C83H142O17P2. The largest absolute Gasteiger partial charge is 0.472 e. The van der Waals surface area contributed by atoms with Gasteiger partial charge in [0.25, 0.3) is 0 Å². The van der Waals surface area contributed by atoms with E-state index in [0.717, 1.165) is 161 Å². The smallest absolute Gasteiger partial charge is 0.462 e. The van der Waals surface area contributed by atoms with Crippen molar-refractivity contribution in [1.82, 2.24) is 0 Å². The molecule has 17 nitrogen and oxygen atoms in total. The Hall–Kier alpha value is -4.54. The number of unbranched alkanes of at least 4 members (excludes halogenated alkanes) is 28. The summed E-state index contributed by atoms with van der Waals surface area (Å²) in [7, 11) is -9.98. The molecule has 0 saturated carbocycles. The molecule has 3 N–H and O–H groups in total. The number of allylic oxidation sites excluding steroid dienone is 20. The number of phosphoric acid groups is 2.